The van der Waals surface area contributed by atoms with Crippen molar-refractivity contribution in [1.82, 2.24) is 0 Å². The molecule has 9 heavy (non-hydrogen) atoms. The first-order valence-electron chi connectivity index (χ1n) is 3.07. The molecule has 0 fully saturated rings. The fraction of sp³-hybridized carbons (Fsp3) is 0.571. The van der Waals surface area contributed by atoms with Crippen LogP contribution in [0.3, 0.4) is 0 Å². The Bertz CT molecular complexity index is 158. The summed E-state index contributed by atoms with van der Waals surface area (Å²) in [7, 11) is 0. The maximum Gasteiger partial charge on any atom is 0.307 e. The Hall–Kier alpha value is -0.790. The Kier molecular flexibility index (Phi) is 1.56. The third-order valence-corrected chi connectivity index (χ3v) is 1.27. The molecule has 0 aromatic rings. The summed E-state index contributed by atoms with van der Waals surface area (Å²) < 4.78 is 4.78. The lowest BCUT2D eigenvalue weighted by molar-refractivity contribution is -0.137. The van der Waals surface area contributed by atoms with Crippen molar-refractivity contribution in [3.05, 3.63) is 11.8 Å². The van der Waals surface area contributed by atoms with Crippen LogP contribution in [0.1, 0.15) is 20.3 Å². The molecule has 0 aromatic carbocycles. The molecule has 1 aliphatic rings. The van der Waals surface area contributed by atoms with Gasteiger partial charge in [-0.2, -0.15) is 0 Å². The zero-order chi connectivity index (χ0) is 6.85. The molecule has 0 saturated carbocycles. The van der Waals surface area contributed by atoms with Gasteiger partial charge in [-0.3, -0.25) is 4.79 Å². The summed E-state index contributed by atoms with van der Waals surface area (Å²) in [5.41, 5.74) is 0. The van der Waals surface area contributed by atoms with Gasteiger partial charge in [0.05, 0.1) is 0 Å². The first-order chi connectivity index (χ1) is 4.18. The van der Waals surface area contributed by atoms with E-state index >= 15 is 0 Å². The number of ether oxygens (including phenoxy) is 1. The van der Waals surface area contributed by atoms with Gasteiger partial charge in [0.1, 0.15) is 5.76 Å². The Morgan fingerprint density at radius 2 is 2.44 bits per heavy atom. The highest BCUT2D eigenvalue weighted by atomic mass is 16.5. The number of rotatable bonds is 1. The third-order valence-electron chi connectivity index (χ3n) is 1.27. The van der Waals surface area contributed by atoms with E-state index < -0.39 is 0 Å². The van der Waals surface area contributed by atoms with Gasteiger partial charge < -0.3 is 4.74 Å². The van der Waals surface area contributed by atoms with E-state index in [0.717, 1.165) is 12.2 Å². The highest BCUT2D eigenvalue weighted by molar-refractivity contribution is 5.67. The summed E-state index contributed by atoms with van der Waals surface area (Å²) >= 11 is 0. The summed E-state index contributed by atoms with van der Waals surface area (Å²) in [6.07, 6.45) is 2.88. The molecule has 0 aromatic heterocycles. The molecule has 2 heteroatoms. The summed E-state index contributed by atoms with van der Waals surface area (Å²) in [5, 5.41) is 0. The topological polar surface area (TPSA) is 26.3 Å². The molecule has 0 N–H and O–H groups in total. The van der Waals surface area contributed by atoms with Gasteiger partial charge in [0.2, 0.25) is 0 Å². The number of hydrogen-bond donors (Lipinski definition) is 0. The molecule has 1 atom stereocenters. The van der Waals surface area contributed by atoms with Crippen molar-refractivity contribution in [2.45, 2.75) is 20.3 Å². The standard InChI is InChI=1S/C7H10O2/c1-5-3-7(4-5)9-6(2)8/h3,5H,4H2,1-2H3. The van der Waals surface area contributed by atoms with Crippen molar-refractivity contribution < 1.29 is 9.53 Å². The van der Waals surface area contributed by atoms with E-state index in [1.807, 2.05) is 6.08 Å². The smallest absolute Gasteiger partial charge is 0.307 e. The molecule has 1 unspecified atom stereocenters. The van der Waals surface area contributed by atoms with Crippen molar-refractivity contribution >= 4 is 5.97 Å². The fourth-order valence-electron chi connectivity index (χ4n) is 0.861. The van der Waals surface area contributed by atoms with E-state index in [2.05, 4.69) is 6.92 Å². The largest absolute Gasteiger partial charge is 0.432 e. The Labute approximate surface area is 54.5 Å². The van der Waals surface area contributed by atoms with E-state index in [1.165, 1.54) is 6.92 Å². The lowest BCUT2D eigenvalue weighted by Crippen LogP contribution is -2.11. The average molecular weight is 126 g/mol. The van der Waals surface area contributed by atoms with Gasteiger partial charge in [-0.1, -0.05) is 6.92 Å². The minimum Gasteiger partial charge on any atom is -0.432 e. The maximum absolute atomic E-state index is 10.3. The van der Waals surface area contributed by atoms with Crippen LogP contribution < -0.4 is 0 Å². The molecule has 0 aliphatic heterocycles. The van der Waals surface area contributed by atoms with Crippen LogP contribution in [-0.2, 0) is 9.53 Å². The van der Waals surface area contributed by atoms with Gasteiger partial charge in [0.25, 0.3) is 0 Å². The van der Waals surface area contributed by atoms with Crippen LogP contribution in [0.2, 0.25) is 0 Å². The van der Waals surface area contributed by atoms with Crippen LogP contribution in [0.5, 0.6) is 0 Å². The Balaban J connectivity index is 2.32. The maximum atomic E-state index is 10.3. The second kappa shape index (κ2) is 2.21. The van der Waals surface area contributed by atoms with Crippen LogP contribution >= 0.6 is 0 Å². The van der Waals surface area contributed by atoms with Crippen LogP contribution in [0.4, 0.5) is 0 Å². The number of carbonyl (C=O) groups excluding carboxylic acids is 1. The predicted octanol–water partition coefficient (Wildman–Crippen LogP) is 1.47. The van der Waals surface area contributed by atoms with Crippen LogP contribution in [-0.4, -0.2) is 5.97 Å². The van der Waals surface area contributed by atoms with Gasteiger partial charge in [0.15, 0.2) is 0 Å². The van der Waals surface area contributed by atoms with Crippen molar-refractivity contribution in [3.8, 4) is 0 Å². The Morgan fingerprint density at radius 3 is 2.78 bits per heavy atom. The Morgan fingerprint density at radius 1 is 1.89 bits per heavy atom. The van der Waals surface area contributed by atoms with Crippen LogP contribution in [0.25, 0.3) is 0 Å². The molecule has 0 heterocycles. The van der Waals surface area contributed by atoms with E-state index in [4.69, 9.17) is 4.74 Å². The second-order valence-corrected chi connectivity index (χ2v) is 2.41. The summed E-state index contributed by atoms with van der Waals surface area (Å²) in [6, 6.07) is 0. The minimum absolute atomic E-state index is 0.215. The van der Waals surface area contributed by atoms with Gasteiger partial charge >= 0.3 is 5.97 Å². The number of allylic oxidation sites excluding steroid dienone is 2. The molecule has 0 bridgehead atoms. The molecule has 0 radical (unpaired) electrons. The van der Waals surface area contributed by atoms with Gasteiger partial charge in [-0.25, -0.2) is 0 Å². The fourth-order valence-corrected chi connectivity index (χ4v) is 0.861. The quantitative estimate of drug-likeness (QED) is 0.497. The minimum atomic E-state index is -0.215. The molecular weight excluding hydrogens is 116 g/mol. The van der Waals surface area contributed by atoms with Gasteiger partial charge in [-0.05, 0) is 12.0 Å². The van der Waals surface area contributed by atoms with E-state index in [1.54, 1.807) is 0 Å². The van der Waals surface area contributed by atoms with E-state index in [9.17, 15) is 4.79 Å². The highest BCUT2D eigenvalue weighted by Gasteiger charge is 2.16. The summed E-state index contributed by atoms with van der Waals surface area (Å²) in [6.45, 7) is 3.51. The first-order valence-corrected chi connectivity index (χ1v) is 3.07. The monoisotopic (exact) mass is 126 g/mol. The van der Waals surface area contributed by atoms with Crippen molar-refractivity contribution in [2.24, 2.45) is 5.92 Å². The van der Waals surface area contributed by atoms with Crippen molar-refractivity contribution in [2.75, 3.05) is 0 Å². The molecule has 50 valence electrons. The van der Waals surface area contributed by atoms with Crippen molar-refractivity contribution in [3.63, 3.8) is 0 Å². The van der Waals surface area contributed by atoms with E-state index in [-0.39, 0.29) is 5.97 Å². The molecule has 0 spiro atoms. The zero-order valence-electron chi connectivity index (χ0n) is 5.68. The number of carbonyl (C=O) groups is 1. The molecule has 0 amide bonds. The molecule has 0 saturated heterocycles. The van der Waals surface area contributed by atoms with Gasteiger partial charge in [0, 0.05) is 13.3 Å². The first kappa shape index (κ1) is 6.33. The summed E-state index contributed by atoms with van der Waals surface area (Å²) in [4.78, 5) is 10.3. The molecular formula is C7H10O2. The van der Waals surface area contributed by atoms with Crippen molar-refractivity contribution in [1.29, 1.82) is 0 Å². The number of hydrogen-bond acceptors (Lipinski definition) is 2. The molecule has 1 aliphatic carbocycles. The lowest BCUT2D eigenvalue weighted by atomic mass is 9.95. The SMILES string of the molecule is CC(=O)OC1=CC(C)C1. The highest BCUT2D eigenvalue weighted by Crippen LogP contribution is 2.25. The number of esters is 1. The average Bonchev–Trinajstić information content (AvgIpc) is 1.60. The second-order valence-electron chi connectivity index (χ2n) is 2.41. The predicted molar refractivity (Wildman–Crippen MR) is 33.6 cm³/mol. The summed E-state index contributed by atoms with van der Waals surface area (Å²) in [5.74, 6) is 1.21. The zero-order valence-corrected chi connectivity index (χ0v) is 5.68. The molecule has 1 rings (SSSR count). The van der Waals surface area contributed by atoms with Crippen LogP contribution in [0.15, 0.2) is 11.8 Å². The van der Waals surface area contributed by atoms with Crippen LogP contribution in [0, 0.1) is 5.92 Å². The third kappa shape index (κ3) is 1.56. The molecule has 2 nitrogen and oxygen atoms in total. The lowest BCUT2D eigenvalue weighted by Gasteiger charge is -2.19. The normalized spacial score (nSPS) is 24.2. The van der Waals surface area contributed by atoms with Gasteiger partial charge in [-0.15, -0.1) is 0 Å². The van der Waals surface area contributed by atoms with E-state index in [0.29, 0.717) is 5.92 Å².